The van der Waals surface area contributed by atoms with E-state index in [0.717, 1.165) is 31.4 Å². The molecule has 0 aromatic rings. The van der Waals surface area contributed by atoms with Gasteiger partial charge in [0.15, 0.2) is 0 Å². The van der Waals surface area contributed by atoms with Gasteiger partial charge in [0.1, 0.15) is 0 Å². The number of hydrogen-bond acceptors (Lipinski definition) is 3. The first-order chi connectivity index (χ1) is 8.77. The Morgan fingerprint density at radius 2 is 2.17 bits per heavy atom. The van der Waals surface area contributed by atoms with E-state index in [4.69, 9.17) is 0 Å². The Morgan fingerprint density at radius 3 is 2.78 bits per heavy atom. The standard InChI is InChI=1S/C14H26N2OS/c1-3-5-7-12-14(17)16(11-8-9-18-10-11)13(15-12)6-4-2/h11-13,15H,3-10H2,1-2H3. The van der Waals surface area contributed by atoms with E-state index in [-0.39, 0.29) is 6.04 Å². The van der Waals surface area contributed by atoms with Crippen molar-refractivity contribution in [1.29, 1.82) is 0 Å². The van der Waals surface area contributed by atoms with E-state index in [1.54, 1.807) is 0 Å². The maximum absolute atomic E-state index is 12.5. The average Bonchev–Trinajstić information content (AvgIpc) is 2.96. The summed E-state index contributed by atoms with van der Waals surface area (Å²) >= 11 is 1.99. The summed E-state index contributed by atoms with van der Waals surface area (Å²) in [6.45, 7) is 4.39. The number of unbranched alkanes of at least 4 members (excludes halogenated alkanes) is 1. The van der Waals surface area contributed by atoms with E-state index in [9.17, 15) is 4.79 Å². The lowest BCUT2D eigenvalue weighted by atomic mass is 10.1. The first-order valence-corrected chi connectivity index (χ1v) is 8.59. The van der Waals surface area contributed by atoms with Crippen LogP contribution in [0.15, 0.2) is 0 Å². The molecule has 104 valence electrons. The molecule has 2 aliphatic rings. The lowest BCUT2D eigenvalue weighted by molar-refractivity contribution is -0.132. The second kappa shape index (κ2) is 6.80. The lowest BCUT2D eigenvalue weighted by Crippen LogP contribution is -2.44. The summed E-state index contributed by atoms with van der Waals surface area (Å²) in [5.41, 5.74) is 0. The quantitative estimate of drug-likeness (QED) is 0.805. The minimum Gasteiger partial charge on any atom is -0.322 e. The van der Waals surface area contributed by atoms with Crippen LogP contribution >= 0.6 is 11.8 Å². The number of carbonyl (C=O) groups excluding carboxylic acids is 1. The number of nitrogens with one attached hydrogen (secondary N) is 1. The normalized spacial score (nSPS) is 32.4. The maximum Gasteiger partial charge on any atom is 0.241 e. The van der Waals surface area contributed by atoms with Crippen molar-refractivity contribution in [3.63, 3.8) is 0 Å². The molecule has 0 radical (unpaired) electrons. The summed E-state index contributed by atoms with van der Waals surface area (Å²) < 4.78 is 0. The molecule has 2 rings (SSSR count). The largest absolute Gasteiger partial charge is 0.322 e. The Morgan fingerprint density at radius 1 is 1.33 bits per heavy atom. The third-order valence-electron chi connectivity index (χ3n) is 3.99. The summed E-state index contributed by atoms with van der Waals surface area (Å²) in [7, 11) is 0. The van der Waals surface area contributed by atoms with Crippen LogP contribution in [0.1, 0.15) is 52.4 Å². The fourth-order valence-corrected chi connectivity index (χ4v) is 4.21. The summed E-state index contributed by atoms with van der Waals surface area (Å²) in [5, 5.41) is 3.57. The van der Waals surface area contributed by atoms with Crippen molar-refractivity contribution in [2.75, 3.05) is 11.5 Å². The van der Waals surface area contributed by atoms with Crippen LogP contribution in [0.25, 0.3) is 0 Å². The molecule has 3 unspecified atom stereocenters. The molecule has 18 heavy (non-hydrogen) atoms. The Balaban J connectivity index is 2.01. The van der Waals surface area contributed by atoms with Gasteiger partial charge < -0.3 is 4.90 Å². The molecular formula is C14H26N2OS. The van der Waals surface area contributed by atoms with Crippen LogP contribution in [0, 0.1) is 0 Å². The van der Waals surface area contributed by atoms with Crippen molar-refractivity contribution in [3.05, 3.63) is 0 Å². The maximum atomic E-state index is 12.5. The van der Waals surface area contributed by atoms with Gasteiger partial charge in [0.05, 0.1) is 12.2 Å². The van der Waals surface area contributed by atoms with E-state index >= 15 is 0 Å². The second-order valence-corrected chi connectivity index (χ2v) is 6.58. The monoisotopic (exact) mass is 270 g/mol. The molecule has 0 aliphatic carbocycles. The SMILES string of the molecule is CCCCC1NC(CCC)N(C2CCSC2)C1=O. The molecule has 1 N–H and O–H groups in total. The van der Waals surface area contributed by atoms with Gasteiger partial charge in [-0.25, -0.2) is 0 Å². The fraction of sp³-hybridized carbons (Fsp3) is 0.929. The molecule has 2 saturated heterocycles. The number of carbonyl (C=O) groups is 1. The molecule has 0 bridgehead atoms. The van der Waals surface area contributed by atoms with Crippen LogP contribution < -0.4 is 5.32 Å². The predicted octanol–water partition coefficient (Wildman–Crippen LogP) is 2.61. The van der Waals surface area contributed by atoms with Crippen molar-refractivity contribution < 1.29 is 4.79 Å². The molecule has 0 aromatic carbocycles. The van der Waals surface area contributed by atoms with Crippen LogP contribution in [0.4, 0.5) is 0 Å². The summed E-state index contributed by atoms with van der Waals surface area (Å²) in [4.78, 5) is 14.7. The Bertz CT molecular complexity index is 279. The molecule has 1 amide bonds. The van der Waals surface area contributed by atoms with Crippen molar-refractivity contribution in [3.8, 4) is 0 Å². The average molecular weight is 270 g/mol. The van der Waals surface area contributed by atoms with Crippen LogP contribution in [0.3, 0.4) is 0 Å². The molecule has 0 spiro atoms. The Kier molecular flexibility index (Phi) is 5.37. The van der Waals surface area contributed by atoms with Crippen molar-refractivity contribution in [2.45, 2.75) is 70.6 Å². The summed E-state index contributed by atoms with van der Waals surface area (Å²) in [5.74, 6) is 2.72. The number of thioether (sulfide) groups is 1. The zero-order valence-corrected chi connectivity index (χ0v) is 12.5. The zero-order valence-electron chi connectivity index (χ0n) is 11.7. The number of amides is 1. The molecule has 3 nitrogen and oxygen atoms in total. The highest BCUT2D eigenvalue weighted by atomic mass is 32.2. The third kappa shape index (κ3) is 3.02. The van der Waals surface area contributed by atoms with Crippen molar-refractivity contribution in [1.82, 2.24) is 10.2 Å². The van der Waals surface area contributed by atoms with Crippen molar-refractivity contribution >= 4 is 17.7 Å². The third-order valence-corrected chi connectivity index (χ3v) is 5.13. The molecule has 2 heterocycles. The van der Waals surface area contributed by atoms with E-state index < -0.39 is 0 Å². The summed E-state index contributed by atoms with van der Waals surface area (Å²) in [6, 6.07) is 0.574. The summed E-state index contributed by atoms with van der Waals surface area (Å²) in [6.07, 6.45) is 7.04. The Labute approximate surface area is 115 Å². The van der Waals surface area contributed by atoms with Crippen LogP contribution in [-0.2, 0) is 4.79 Å². The first kappa shape index (κ1) is 14.2. The molecule has 2 fully saturated rings. The van der Waals surface area contributed by atoms with Gasteiger partial charge in [-0.05, 0) is 25.0 Å². The van der Waals surface area contributed by atoms with Crippen LogP contribution in [-0.4, -0.2) is 40.6 Å². The van der Waals surface area contributed by atoms with E-state index in [0.29, 0.717) is 18.1 Å². The van der Waals surface area contributed by atoms with Gasteiger partial charge in [-0.2, -0.15) is 11.8 Å². The molecule has 4 heteroatoms. The molecule has 0 aromatic heterocycles. The fourth-order valence-electron chi connectivity index (χ4n) is 3.00. The zero-order chi connectivity index (χ0) is 13.0. The highest BCUT2D eigenvalue weighted by Crippen LogP contribution is 2.29. The molecule has 3 atom stereocenters. The highest BCUT2D eigenvalue weighted by molar-refractivity contribution is 7.99. The van der Waals surface area contributed by atoms with Crippen LogP contribution in [0.2, 0.25) is 0 Å². The van der Waals surface area contributed by atoms with Gasteiger partial charge in [0, 0.05) is 11.8 Å². The molecular weight excluding hydrogens is 244 g/mol. The van der Waals surface area contributed by atoms with Crippen LogP contribution in [0.5, 0.6) is 0 Å². The van der Waals surface area contributed by atoms with Gasteiger partial charge in [-0.15, -0.1) is 0 Å². The smallest absolute Gasteiger partial charge is 0.241 e. The minimum absolute atomic E-state index is 0.0899. The topological polar surface area (TPSA) is 32.3 Å². The lowest BCUT2D eigenvalue weighted by Gasteiger charge is -2.29. The molecule has 2 aliphatic heterocycles. The Hall–Kier alpha value is -0.220. The number of nitrogens with zero attached hydrogens (tertiary/aromatic N) is 1. The van der Waals surface area contributed by atoms with Gasteiger partial charge in [-0.1, -0.05) is 33.1 Å². The van der Waals surface area contributed by atoms with Gasteiger partial charge in [0.25, 0.3) is 0 Å². The van der Waals surface area contributed by atoms with E-state index in [1.165, 1.54) is 18.6 Å². The molecule has 0 saturated carbocycles. The van der Waals surface area contributed by atoms with Gasteiger partial charge in [-0.3, -0.25) is 10.1 Å². The number of rotatable bonds is 6. The number of hydrogen-bond donors (Lipinski definition) is 1. The second-order valence-electron chi connectivity index (χ2n) is 5.43. The van der Waals surface area contributed by atoms with Gasteiger partial charge in [0.2, 0.25) is 5.91 Å². The first-order valence-electron chi connectivity index (χ1n) is 7.43. The van der Waals surface area contributed by atoms with E-state index in [2.05, 4.69) is 24.1 Å². The van der Waals surface area contributed by atoms with Gasteiger partial charge >= 0.3 is 0 Å². The van der Waals surface area contributed by atoms with Crippen molar-refractivity contribution in [2.24, 2.45) is 0 Å². The predicted molar refractivity (Wildman–Crippen MR) is 77.7 cm³/mol. The highest BCUT2D eigenvalue weighted by Gasteiger charge is 2.42. The minimum atomic E-state index is 0.0899. The van der Waals surface area contributed by atoms with E-state index in [1.807, 2.05) is 11.8 Å².